The van der Waals surface area contributed by atoms with Crippen molar-refractivity contribution in [3.63, 3.8) is 0 Å². The molecule has 29 heavy (non-hydrogen) atoms. The number of nitrogens with zero attached hydrogens (tertiary/aromatic N) is 2. The van der Waals surface area contributed by atoms with Crippen molar-refractivity contribution in [1.82, 2.24) is 9.21 Å². The fraction of sp³-hybridized carbons (Fsp3) is 0.316. The zero-order chi connectivity index (χ0) is 21.4. The molecule has 158 valence electrons. The minimum absolute atomic E-state index is 0.270. The van der Waals surface area contributed by atoms with Crippen LogP contribution in [0.3, 0.4) is 0 Å². The number of hydrogen-bond acceptors (Lipinski definition) is 5. The molecule has 0 spiro atoms. The molecule has 0 aromatic heterocycles. The van der Waals surface area contributed by atoms with Crippen LogP contribution in [0.15, 0.2) is 54.2 Å². The van der Waals surface area contributed by atoms with Crippen molar-refractivity contribution in [1.29, 1.82) is 0 Å². The third-order valence-corrected chi connectivity index (χ3v) is 5.98. The van der Waals surface area contributed by atoms with Crippen molar-refractivity contribution in [2.75, 3.05) is 32.8 Å². The largest absolute Gasteiger partial charge is 0.482 e. The fourth-order valence-electron chi connectivity index (χ4n) is 2.72. The summed E-state index contributed by atoms with van der Waals surface area (Å²) in [7, 11) is -3.65. The van der Waals surface area contributed by atoms with E-state index in [2.05, 4.69) is 6.58 Å². The van der Waals surface area contributed by atoms with Crippen LogP contribution in [0, 0.1) is 0 Å². The first-order chi connectivity index (χ1) is 13.7. The molecule has 1 aliphatic heterocycles. The molecular formula is C19H22ClFN2O5S. The molecule has 1 N–H and O–H groups in total. The normalized spacial score (nSPS) is 16.8. The Labute approximate surface area is 174 Å². The van der Waals surface area contributed by atoms with E-state index in [1.807, 2.05) is 4.90 Å². The number of piperazine rings is 1. The van der Waals surface area contributed by atoms with Crippen LogP contribution in [-0.2, 0) is 21.4 Å². The molecule has 0 amide bonds. The Morgan fingerprint density at radius 2 is 2.00 bits per heavy atom. The second-order valence-electron chi connectivity index (χ2n) is 6.24. The molecule has 0 atom stereocenters. The third-order valence-electron chi connectivity index (χ3n) is 4.16. The van der Waals surface area contributed by atoms with Crippen LogP contribution >= 0.6 is 11.6 Å². The first kappa shape index (κ1) is 23.1. The number of aliphatic carboxylic acids is 1. The van der Waals surface area contributed by atoms with Gasteiger partial charge in [0.25, 0.3) is 0 Å². The molecule has 10 heteroatoms. The molecule has 0 unspecified atom stereocenters. The lowest BCUT2D eigenvalue weighted by Gasteiger charge is -2.33. The minimum Gasteiger partial charge on any atom is -0.482 e. The number of sulfonamides is 1. The van der Waals surface area contributed by atoms with E-state index in [-0.39, 0.29) is 13.1 Å². The molecule has 7 nitrogen and oxygen atoms in total. The van der Waals surface area contributed by atoms with Gasteiger partial charge in [-0.15, -0.1) is 0 Å². The van der Waals surface area contributed by atoms with Crippen LogP contribution in [0.1, 0.15) is 5.56 Å². The number of benzene rings is 1. The number of carbonyl (C=O) groups is 1. The van der Waals surface area contributed by atoms with Crippen molar-refractivity contribution in [3.8, 4) is 5.75 Å². The van der Waals surface area contributed by atoms with E-state index < -0.39 is 28.4 Å². The zero-order valence-electron chi connectivity index (χ0n) is 15.6. The van der Waals surface area contributed by atoms with Crippen LogP contribution < -0.4 is 4.74 Å². The fourth-order valence-corrected chi connectivity index (χ4v) is 4.04. The minimum atomic E-state index is -3.65. The number of carboxylic acids is 1. The summed E-state index contributed by atoms with van der Waals surface area (Å²) in [6.07, 6.45) is 3.15. The van der Waals surface area contributed by atoms with Gasteiger partial charge in [0, 0.05) is 48.7 Å². The summed E-state index contributed by atoms with van der Waals surface area (Å²) < 4.78 is 44.2. The lowest BCUT2D eigenvalue weighted by Crippen LogP contribution is -2.47. The van der Waals surface area contributed by atoms with Gasteiger partial charge >= 0.3 is 5.97 Å². The number of halogens is 2. The predicted octanol–water partition coefficient (Wildman–Crippen LogP) is 2.80. The summed E-state index contributed by atoms with van der Waals surface area (Å²) in [6, 6.07) is 4.93. The maximum Gasteiger partial charge on any atom is 0.341 e. The second-order valence-corrected chi connectivity index (χ2v) is 8.49. The highest BCUT2D eigenvalue weighted by molar-refractivity contribution is 7.92. The van der Waals surface area contributed by atoms with Gasteiger partial charge in [-0.3, -0.25) is 4.90 Å². The van der Waals surface area contributed by atoms with Gasteiger partial charge < -0.3 is 9.84 Å². The number of carboxylic acid groups (broad SMARTS) is 1. The van der Waals surface area contributed by atoms with Gasteiger partial charge in [0.15, 0.2) is 6.61 Å². The van der Waals surface area contributed by atoms with E-state index in [0.717, 1.165) is 29.2 Å². The van der Waals surface area contributed by atoms with E-state index >= 15 is 0 Å². The molecule has 1 aromatic rings. The Kier molecular flexibility index (Phi) is 8.39. The van der Waals surface area contributed by atoms with E-state index in [1.165, 1.54) is 4.31 Å². The van der Waals surface area contributed by atoms with Crippen molar-refractivity contribution in [2.45, 2.75) is 6.54 Å². The van der Waals surface area contributed by atoms with Gasteiger partial charge in [-0.25, -0.2) is 17.6 Å². The molecule has 1 heterocycles. The van der Waals surface area contributed by atoms with Crippen molar-refractivity contribution in [2.24, 2.45) is 0 Å². The first-order valence-electron chi connectivity index (χ1n) is 8.73. The van der Waals surface area contributed by atoms with Gasteiger partial charge in [-0.05, 0) is 36.4 Å². The van der Waals surface area contributed by atoms with E-state index in [1.54, 1.807) is 18.2 Å². The smallest absolute Gasteiger partial charge is 0.341 e. The zero-order valence-corrected chi connectivity index (χ0v) is 17.2. The van der Waals surface area contributed by atoms with Gasteiger partial charge in [-0.1, -0.05) is 18.2 Å². The van der Waals surface area contributed by atoms with Gasteiger partial charge in [-0.2, -0.15) is 4.31 Å². The highest BCUT2D eigenvalue weighted by atomic mass is 35.5. The lowest BCUT2D eigenvalue weighted by atomic mass is 10.1. The Morgan fingerprint density at radius 3 is 2.62 bits per heavy atom. The van der Waals surface area contributed by atoms with Crippen LogP contribution in [-0.4, -0.2) is 61.5 Å². The second kappa shape index (κ2) is 10.5. The SMILES string of the molecule is C=C/C(F)=C\C=C\S(=O)(=O)N1CCN(Cc2cc(Cl)ccc2OCC(=O)O)CC1. The van der Waals surface area contributed by atoms with Crippen molar-refractivity contribution in [3.05, 3.63) is 64.8 Å². The summed E-state index contributed by atoms with van der Waals surface area (Å²) in [5.41, 5.74) is 0.722. The average molecular weight is 445 g/mol. The molecule has 1 saturated heterocycles. The molecule has 1 fully saturated rings. The van der Waals surface area contributed by atoms with Gasteiger partial charge in [0.2, 0.25) is 10.0 Å². The quantitative estimate of drug-likeness (QED) is 0.589. The van der Waals surface area contributed by atoms with Crippen LogP contribution in [0.5, 0.6) is 5.75 Å². The molecule has 0 bridgehead atoms. The molecular weight excluding hydrogens is 423 g/mol. The molecule has 2 rings (SSSR count). The maximum absolute atomic E-state index is 13.0. The Balaban J connectivity index is 1.99. The number of rotatable bonds is 9. The Hall–Kier alpha value is -2.20. The summed E-state index contributed by atoms with van der Waals surface area (Å²) in [4.78, 5) is 12.8. The first-order valence-corrected chi connectivity index (χ1v) is 10.6. The van der Waals surface area contributed by atoms with Crippen molar-refractivity contribution >= 4 is 27.6 Å². The topological polar surface area (TPSA) is 87.2 Å². The Morgan fingerprint density at radius 1 is 1.31 bits per heavy atom. The molecule has 1 aliphatic rings. The summed E-state index contributed by atoms with van der Waals surface area (Å²) in [6.45, 7) is 4.70. The highest BCUT2D eigenvalue weighted by Gasteiger charge is 2.25. The van der Waals surface area contributed by atoms with E-state index in [4.69, 9.17) is 21.4 Å². The summed E-state index contributed by atoms with van der Waals surface area (Å²) in [5, 5.41) is 10.2. The third kappa shape index (κ3) is 7.28. The van der Waals surface area contributed by atoms with Gasteiger partial charge in [0.1, 0.15) is 11.6 Å². The average Bonchev–Trinajstić information content (AvgIpc) is 2.67. The predicted molar refractivity (Wildman–Crippen MR) is 109 cm³/mol. The van der Waals surface area contributed by atoms with Gasteiger partial charge in [0.05, 0.1) is 0 Å². The Bertz CT molecular complexity index is 909. The van der Waals surface area contributed by atoms with E-state index in [0.29, 0.717) is 30.4 Å². The van der Waals surface area contributed by atoms with Crippen LogP contribution in [0.4, 0.5) is 4.39 Å². The standard InChI is InChI=1S/C19H22ClFN2O5S/c1-2-17(21)4-3-11-29(26,27)23-9-7-22(8-10-23)13-15-12-16(20)5-6-18(15)28-14-19(24)25/h2-6,11-12H,1,7-10,13-14H2,(H,24,25)/b11-3+,17-4+. The summed E-state index contributed by atoms with van der Waals surface area (Å²) >= 11 is 6.04. The van der Waals surface area contributed by atoms with E-state index in [9.17, 15) is 17.6 Å². The molecule has 0 aliphatic carbocycles. The monoisotopic (exact) mass is 444 g/mol. The van der Waals surface area contributed by atoms with Crippen LogP contribution in [0.2, 0.25) is 5.02 Å². The number of hydrogen-bond donors (Lipinski definition) is 1. The highest BCUT2D eigenvalue weighted by Crippen LogP contribution is 2.25. The van der Waals surface area contributed by atoms with Crippen LogP contribution in [0.25, 0.3) is 0 Å². The molecule has 1 aromatic carbocycles. The summed E-state index contributed by atoms with van der Waals surface area (Å²) in [5.74, 6) is -1.28. The molecule has 0 saturated carbocycles. The molecule has 0 radical (unpaired) electrons. The lowest BCUT2D eigenvalue weighted by molar-refractivity contribution is -0.139. The number of allylic oxidation sites excluding steroid dienone is 4. The number of ether oxygens (including phenoxy) is 1. The van der Waals surface area contributed by atoms with Crippen molar-refractivity contribution < 1.29 is 27.4 Å². The maximum atomic E-state index is 13.0.